The van der Waals surface area contributed by atoms with E-state index in [1.807, 2.05) is 24.1 Å². The molecule has 2 bridgehead atoms. The maximum absolute atomic E-state index is 14.3. The van der Waals surface area contributed by atoms with Crippen molar-refractivity contribution in [2.75, 3.05) is 32.7 Å². The second kappa shape index (κ2) is 9.51. The van der Waals surface area contributed by atoms with Crippen molar-refractivity contribution in [3.63, 3.8) is 0 Å². The predicted molar refractivity (Wildman–Crippen MR) is 135 cm³/mol. The molecule has 36 heavy (non-hydrogen) atoms. The van der Waals surface area contributed by atoms with Gasteiger partial charge in [0.05, 0.1) is 12.3 Å². The second-order valence-corrected chi connectivity index (χ2v) is 10.8. The molecule has 0 radical (unpaired) electrons. The van der Waals surface area contributed by atoms with Gasteiger partial charge in [-0.15, -0.1) is 0 Å². The minimum absolute atomic E-state index is 0.159. The SMILES string of the molecule is Cc1cc(C2=NCC3=C2CN(C(=O)C[C@@H]2CC4CCN(C2)C4Cc2c(F)cccc2F)CC3)ccn1. The minimum atomic E-state index is -0.455. The first-order valence-electron chi connectivity index (χ1n) is 13.1. The van der Waals surface area contributed by atoms with Gasteiger partial charge in [0, 0.05) is 55.1 Å². The molecule has 4 aliphatic heterocycles. The molecule has 188 valence electrons. The summed E-state index contributed by atoms with van der Waals surface area (Å²) in [5.41, 5.74) is 5.82. The number of fused-ring (bicyclic) bond motifs is 2. The Balaban J connectivity index is 1.09. The molecule has 5 nitrogen and oxygen atoms in total. The van der Waals surface area contributed by atoms with Crippen LogP contribution in [0.4, 0.5) is 8.78 Å². The Bertz CT molecular complexity index is 1220. The summed E-state index contributed by atoms with van der Waals surface area (Å²) in [7, 11) is 0. The van der Waals surface area contributed by atoms with Crippen LogP contribution in [0, 0.1) is 30.4 Å². The van der Waals surface area contributed by atoms with Gasteiger partial charge in [-0.1, -0.05) is 6.07 Å². The molecule has 0 saturated carbocycles. The fraction of sp³-hybridized carbons (Fsp3) is 0.483. The number of aromatic nitrogens is 1. The van der Waals surface area contributed by atoms with Crippen LogP contribution in [0.3, 0.4) is 0 Å². The van der Waals surface area contributed by atoms with Crippen LogP contribution in [0.1, 0.15) is 42.5 Å². The molecule has 4 atom stereocenters. The zero-order valence-electron chi connectivity index (χ0n) is 20.7. The number of hydrogen-bond acceptors (Lipinski definition) is 4. The zero-order chi connectivity index (χ0) is 24.8. The third-order valence-corrected chi connectivity index (χ3v) is 8.56. The Morgan fingerprint density at radius 2 is 2.00 bits per heavy atom. The number of aryl methyl sites for hydroxylation is 1. The number of benzene rings is 1. The molecule has 6 rings (SSSR count). The Morgan fingerprint density at radius 3 is 2.78 bits per heavy atom. The van der Waals surface area contributed by atoms with E-state index in [9.17, 15) is 13.6 Å². The Kier molecular flexibility index (Phi) is 6.20. The number of piperidine rings is 1. The topological polar surface area (TPSA) is 48.8 Å². The average Bonchev–Trinajstić information content (AvgIpc) is 3.38. The molecule has 2 aromatic rings. The Morgan fingerprint density at radius 1 is 1.17 bits per heavy atom. The van der Waals surface area contributed by atoms with Crippen LogP contribution in [-0.2, 0) is 11.2 Å². The molecule has 3 unspecified atom stereocenters. The van der Waals surface area contributed by atoms with Crippen molar-refractivity contribution in [2.24, 2.45) is 16.8 Å². The Labute approximate surface area is 210 Å². The number of carbonyl (C=O) groups is 1. The van der Waals surface area contributed by atoms with E-state index < -0.39 is 11.6 Å². The summed E-state index contributed by atoms with van der Waals surface area (Å²) < 4.78 is 28.5. The monoisotopic (exact) mass is 490 g/mol. The van der Waals surface area contributed by atoms with E-state index in [0.29, 0.717) is 31.2 Å². The molecule has 2 saturated heterocycles. The highest BCUT2D eigenvalue weighted by atomic mass is 19.1. The van der Waals surface area contributed by atoms with Crippen LogP contribution in [0.15, 0.2) is 52.7 Å². The molecule has 0 spiro atoms. The number of halogens is 2. The maximum Gasteiger partial charge on any atom is 0.223 e. The zero-order valence-corrected chi connectivity index (χ0v) is 20.7. The van der Waals surface area contributed by atoms with Crippen LogP contribution < -0.4 is 0 Å². The fourth-order valence-electron chi connectivity index (χ4n) is 6.74. The summed E-state index contributed by atoms with van der Waals surface area (Å²) >= 11 is 0. The maximum atomic E-state index is 14.3. The number of pyridine rings is 1. The lowest BCUT2D eigenvalue weighted by Crippen LogP contribution is -2.45. The van der Waals surface area contributed by atoms with Crippen molar-refractivity contribution in [3.05, 3.63) is 76.1 Å². The van der Waals surface area contributed by atoms with E-state index in [2.05, 4.69) is 16.0 Å². The van der Waals surface area contributed by atoms with Crippen molar-refractivity contribution in [1.82, 2.24) is 14.8 Å². The lowest BCUT2D eigenvalue weighted by atomic mass is 9.81. The van der Waals surface area contributed by atoms with Crippen molar-refractivity contribution < 1.29 is 13.6 Å². The summed E-state index contributed by atoms with van der Waals surface area (Å²) in [6.45, 7) is 5.87. The molecule has 5 heterocycles. The quantitative estimate of drug-likeness (QED) is 0.627. The molecule has 2 fully saturated rings. The first-order valence-corrected chi connectivity index (χ1v) is 13.1. The normalized spacial score (nSPS) is 27.3. The second-order valence-electron chi connectivity index (χ2n) is 10.8. The molecule has 1 amide bonds. The first-order chi connectivity index (χ1) is 17.5. The van der Waals surface area contributed by atoms with Crippen LogP contribution in [0.2, 0.25) is 0 Å². The van der Waals surface area contributed by atoms with Crippen molar-refractivity contribution >= 4 is 11.6 Å². The Hall–Kier alpha value is -2.93. The van der Waals surface area contributed by atoms with Crippen LogP contribution in [0.5, 0.6) is 0 Å². The molecule has 7 heteroatoms. The standard InChI is InChI=1S/C29H32F2N4O/c1-18-11-21(5-8-32-18)29-24-17-35(10-7-22(24)15-33-29)28(36)13-19-12-20-6-9-34(16-19)27(20)14-23-25(30)3-2-4-26(23)31/h2-5,8,11,19-20,27H,6-7,9-10,12-17H2,1H3/t19-,20?,27?/m0/s1. The number of aliphatic imine (C=N–C) groups is 1. The third-order valence-electron chi connectivity index (χ3n) is 8.56. The number of rotatable bonds is 5. The molecule has 1 aromatic heterocycles. The van der Waals surface area contributed by atoms with Crippen LogP contribution in [0.25, 0.3) is 0 Å². The summed E-state index contributed by atoms with van der Waals surface area (Å²) in [6, 6.07) is 8.32. The van der Waals surface area contributed by atoms with Gasteiger partial charge in [0.1, 0.15) is 11.6 Å². The number of hydrogen-bond donors (Lipinski definition) is 0. The highest BCUT2D eigenvalue weighted by molar-refractivity contribution is 6.15. The van der Waals surface area contributed by atoms with Gasteiger partial charge in [0.25, 0.3) is 0 Å². The van der Waals surface area contributed by atoms with Gasteiger partial charge in [-0.25, -0.2) is 8.78 Å². The molecule has 4 aliphatic rings. The summed E-state index contributed by atoms with van der Waals surface area (Å²) in [6.07, 6.45) is 5.64. The third kappa shape index (κ3) is 4.38. The summed E-state index contributed by atoms with van der Waals surface area (Å²) in [5.74, 6) is -0.0221. The van der Waals surface area contributed by atoms with Gasteiger partial charge < -0.3 is 4.90 Å². The van der Waals surface area contributed by atoms with Gasteiger partial charge in [-0.05, 0) is 86.4 Å². The van der Waals surface area contributed by atoms with Crippen molar-refractivity contribution in [2.45, 2.75) is 45.1 Å². The van der Waals surface area contributed by atoms with Gasteiger partial charge in [-0.2, -0.15) is 0 Å². The molecule has 1 aromatic carbocycles. The van der Waals surface area contributed by atoms with Crippen molar-refractivity contribution in [1.29, 1.82) is 0 Å². The molecule has 0 aliphatic carbocycles. The summed E-state index contributed by atoms with van der Waals surface area (Å²) in [5, 5.41) is 0. The van der Waals surface area contributed by atoms with E-state index >= 15 is 0 Å². The van der Waals surface area contributed by atoms with Gasteiger partial charge in [0.2, 0.25) is 5.91 Å². The van der Waals surface area contributed by atoms with Crippen LogP contribution in [-0.4, -0.2) is 65.2 Å². The number of amides is 1. The van der Waals surface area contributed by atoms with Crippen LogP contribution >= 0.6 is 0 Å². The van der Waals surface area contributed by atoms with Gasteiger partial charge in [-0.3, -0.25) is 19.7 Å². The molecule has 0 N–H and O–H groups in total. The fourth-order valence-corrected chi connectivity index (χ4v) is 6.74. The van der Waals surface area contributed by atoms with E-state index in [0.717, 1.165) is 62.4 Å². The van der Waals surface area contributed by atoms with E-state index in [1.165, 1.54) is 29.3 Å². The van der Waals surface area contributed by atoms with Crippen molar-refractivity contribution in [3.8, 4) is 0 Å². The van der Waals surface area contributed by atoms with E-state index in [1.54, 1.807) is 0 Å². The van der Waals surface area contributed by atoms with E-state index in [4.69, 9.17) is 4.99 Å². The predicted octanol–water partition coefficient (Wildman–Crippen LogP) is 4.34. The largest absolute Gasteiger partial charge is 0.338 e. The summed E-state index contributed by atoms with van der Waals surface area (Å²) in [4.78, 5) is 26.9. The molecular formula is C29H32F2N4O. The number of carbonyl (C=O) groups excluding carboxylic acids is 1. The average molecular weight is 491 g/mol. The van der Waals surface area contributed by atoms with Gasteiger partial charge in [0.15, 0.2) is 0 Å². The van der Waals surface area contributed by atoms with Gasteiger partial charge >= 0.3 is 0 Å². The minimum Gasteiger partial charge on any atom is -0.338 e. The highest BCUT2D eigenvalue weighted by Crippen LogP contribution is 2.40. The first kappa shape index (κ1) is 23.5. The smallest absolute Gasteiger partial charge is 0.223 e. The lowest BCUT2D eigenvalue weighted by molar-refractivity contribution is -0.132. The highest BCUT2D eigenvalue weighted by Gasteiger charge is 2.42. The number of nitrogens with zero attached hydrogens (tertiary/aromatic N) is 4. The van der Waals surface area contributed by atoms with E-state index in [-0.39, 0.29) is 17.5 Å². The lowest BCUT2D eigenvalue weighted by Gasteiger charge is -2.39. The molecular weight excluding hydrogens is 458 g/mol.